The van der Waals surface area contributed by atoms with Gasteiger partial charge >= 0.3 is 5.97 Å². The van der Waals surface area contributed by atoms with Gasteiger partial charge in [-0.3, -0.25) is 14.5 Å². The fourth-order valence-electron chi connectivity index (χ4n) is 1.79. The number of rotatable bonds is 3. The number of amides is 1. The monoisotopic (exact) mass is 268 g/mol. The lowest BCUT2D eigenvalue weighted by atomic mass is 10.2. The van der Waals surface area contributed by atoms with Crippen LogP contribution < -0.4 is 10.2 Å². The van der Waals surface area contributed by atoms with Crippen molar-refractivity contribution in [2.45, 2.75) is 6.92 Å². The van der Waals surface area contributed by atoms with Gasteiger partial charge in [0.25, 0.3) is 0 Å². The van der Waals surface area contributed by atoms with Crippen LogP contribution in [0.3, 0.4) is 0 Å². The highest BCUT2D eigenvalue weighted by atomic mass is 35.5. The van der Waals surface area contributed by atoms with E-state index in [0.717, 1.165) is 5.69 Å². The molecule has 1 amide bonds. The van der Waals surface area contributed by atoms with Crippen LogP contribution >= 0.6 is 11.6 Å². The molecule has 1 aliphatic rings. The molecule has 5 nitrogen and oxygen atoms in total. The summed E-state index contributed by atoms with van der Waals surface area (Å²) in [6, 6.07) is 5.16. The van der Waals surface area contributed by atoms with Crippen LogP contribution in [0.15, 0.2) is 18.2 Å². The second-order valence-corrected chi connectivity index (χ2v) is 4.24. The Hall–Kier alpha value is -1.75. The summed E-state index contributed by atoms with van der Waals surface area (Å²) in [7, 11) is 0. The molecule has 1 N–H and O–H groups in total. The van der Waals surface area contributed by atoms with Crippen molar-refractivity contribution in [1.29, 1.82) is 0 Å². The molecule has 0 saturated carbocycles. The van der Waals surface area contributed by atoms with Crippen molar-refractivity contribution in [2.75, 3.05) is 29.9 Å². The van der Waals surface area contributed by atoms with Crippen molar-refractivity contribution >= 4 is 34.9 Å². The third kappa shape index (κ3) is 2.56. The predicted molar refractivity (Wildman–Crippen MR) is 68.9 cm³/mol. The maximum absolute atomic E-state index is 11.8. The standard InChI is InChI=1S/C12H13ClN2O3/c1-2-18-12(17)7-15-10-5-8(13)3-4-9(10)14-6-11(15)16/h3-5,14H,2,6-7H2,1H3. The summed E-state index contributed by atoms with van der Waals surface area (Å²) in [6.45, 7) is 2.08. The van der Waals surface area contributed by atoms with Crippen LogP contribution in [0.2, 0.25) is 5.02 Å². The molecule has 0 radical (unpaired) electrons. The number of carbonyl (C=O) groups excluding carboxylic acids is 2. The van der Waals surface area contributed by atoms with E-state index in [1.54, 1.807) is 25.1 Å². The first-order valence-electron chi connectivity index (χ1n) is 5.61. The van der Waals surface area contributed by atoms with Gasteiger partial charge in [-0.05, 0) is 25.1 Å². The second-order valence-electron chi connectivity index (χ2n) is 3.80. The Morgan fingerprint density at radius 2 is 2.33 bits per heavy atom. The minimum atomic E-state index is -0.432. The number of benzene rings is 1. The third-order valence-electron chi connectivity index (χ3n) is 2.57. The summed E-state index contributed by atoms with van der Waals surface area (Å²) < 4.78 is 4.85. The van der Waals surface area contributed by atoms with Gasteiger partial charge in [0.2, 0.25) is 5.91 Å². The van der Waals surface area contributed by atoms with E-state index in [9.17, 15) is 9.59 Å². The number of ether oxygens (including phenoxy) is 1. The zero-order chi connectivity index (χ0) is 13.1. The Labute approximate surface area is 110 Å². The highest BCUT2D eigenvalue weighted by molar-refractivity contribution is 6.31. The third-order valence-corrected chi connectivity index (χ3v) is 2.81. The number of hydrogen-bond donors (Lipinski definition) is 1. The Kier molecular flexibility index (Phi) is 3.72. The number of fused-ring (bicyclic) bond motifs is 1. The Bertz CT molecular complexity index is 490. The van der Waals surface area contributed by atoms with Gasteiger partial charge in [-0.1, -0.05) is 11.6 Å². The van der Waals surface area contributed by atoms with Crippen molar-refractivity contribution < 1.29 is 14.3 Å². The lowest BCUT2D eigenvalue weighted by molar-refractivity contribution is -0.142. The largest absolute Gasteiger partial charge is 0.465 e. The molecule has 96 valence electrons. The van der Waals surface area contributed by atoms with Crippen LogP contribution in [0.25, 0.3) is 0 Å². The lowest BCUT2D eigenvalue weighted by Crippen LogP contribution is -2.43. The smallest absolute Gasteiger partial charge is 0.326 e. The first-order valence-corrected chi connectivity index (χ1v) is 5.99. The zero-order valence-electron chi connectivity index (χ0n) is 9.90. The van der Waals surface area contributed by atoms with E-state index in [2.05, 4.69) is 5.32 Å². The average molecular weight is 269 g/mol. The number of halogens is 1. The number of anilines is 2. The lowest BCUT2D eigenvalue weighted by Gasteiger charge is -2.29. The normalized spacial score (nSPS) is 13.9. The summed E-state index contributed by atoms with van der Waals surface area (Å²) >= 11 is 5.91. The fourth-order valence-corrected chi connectivity index (χ4v) is 1.95. The van der Waals surface area contributed by atoms with Gasteiger partial charge in [-0.2, -0.15) is 0 Å². The van der Waals surface area contributed by atoms with E-state index < -0.39 is 5.97 Å². The highest BCUT2D eigenvalue weighted by Gasteiger charge is 2.26. The Balaban J connectivity index is 2.27. The maximum Gasteiger partial charge on any atom is 0.326 e. The first kappa shape index (κ1) is 12.7. The SMILES string of the molecule is CCOC(=O)CN1C(=O)CNc2ccc(Cl)cc21. The van der Waals surface area contributed by atoms with Gasteiger partial charge < -0.3 is 10.1 Å². The predicted octanol–water partition coefficient (Wildman–Crippen LogP) is 1.66. The molecule has 0 saturated heterocycles. The molecule has 18 heavy (non-hydrogen) atoms. The Morgan fingerprint density at radius 1 is 1.56 bits per heavy atom. The van der Waals surface area contributed by atoms with Gasteiger partial charge in [0, 0.05) is 5.02 Å². The van der Waals surface area contributed by atoms with E-state index in [-0.39, 0.29) is 19.0 Å². The van der Waals surface area contributed by atoms with E-state index in [1.807, 2.05) is 0 Å². The van der Waals surface area contributed by atoms with Crippen molar-refractivity contribution in [2.24, 2.45) is 0 Å². The molecular formula is C12H13ClN2O3. The van der Waals surface area contributed by atoms with Crippen molar-refractivity contribution in [1.82, 2.24) is 0 Å². The van der Waals surface area contributed by atoms with Crippen molar-refractivity contribution in [3.8, 4) is 0 Å². The van der Waals surface area contributed by atoms with Crippen LogP contribution in [-0.2, 0) is 14.3 Å². The van der Waals surface area contributed by atoms with Crippen LogP contribution in [0.5, 0.6) is 0 Å². The molecule has 1 heterocycles. The highest BCUT2D eigenvalue weighted by Crippen LogP contribution is 2.31. The van der Waals surface area contributed by atoms with Crippen molar-refractivity contribution in [3.63, 3.8) is 0 Å². The Morgan fingerprint density at radius 3 is 3.06 bits per heavy atom. The number of esters is 1. The molecule has 0 aliphatic carbocycles. The number of nitrogens with one attached hydrogen (secondary N) is 1. The van der Waals surface area contributed by atoms with E-state index in [4.69, 9.17) is 16.3 Å². The van der Waals surface area contributed by atoms with Crippen LogP contribution in [0.1, 0.15) is 6.92 Å². The molecular weight excluding hydrogens is 256 g/mol. The fraction of sp³-hybridized carbons (Fsp3) is 0.333. The van der Waals surface area contributed by atoms with Gasteiger partial charge in [0.1, 0.15) is 6.54 Å². The molecule has 0 fully saturated rings. The van der Waals surface area contributed by atoms with E-state index in [0.29, 0.717) is 17.3 Å². The number of nitrogens with zero attached hydrogens (tertiary/aromatic N) is 1. The molecule has 0 atom stereocenters. The first-order chi connectivity index (χ1) is 8.61. The summed E-state index contributed by atoms with van der Waals surface area (Å²) in [5, 5.41) is 3.49. The number of carbonyl (C=O) groups is 2. The molecule has 0 aromatic heterocycles. The topological polar surface area (TPSA) is 58.6 Å². The molecule has 0 bridgehead atoms. The summed E-state index contributed by atoms with van der Waals surface area (Å²) in [4.78, 5) is 24.7. The van der Waals surface area contributed by atoms with E-state index >= 15 is 0 Å². The quantitative estimate of drug-likeness (QED) is 0.847. The zero-order valence-corrected chi connectivity index (χ0v) is 10.7. The summed E-state index contributed by atoms with van der Waals surface area (Å²) in [5.41, 5.74) is 1.38. The molecule has 0 spiro atoms. The van der Waals surface area contributed by atoms with Crippen LogP contribution in [0.4, 0.5) is 11.4 Å². The van der Waals surface area contributed by atoms with Crippen molar-refractivity contribution in [3.05, 3.63) is 23.2 Å². The van der Waals surface area contributed by atoms with Crippen LogP contribution in [-0.4, -0.2) is 31.6 Å². The molecule has 6 heteroatoms. The van der Waals surface area contributed by atoms with Gasteiger partial charge in [-0.15, -0.1) is 0 Å². The molecule has 2 rings (SSSR count). The van der Waals surface area contributed by atoms with E-state index in [1.165, 1.54) is 4.90 Å². The molecule has 1 aliphatic heterocycles. The summed E-state index contributed by atoms with van der Waals surface area (Å²) in [6.07, 6.45) is 0. The van der Waals surface area contributed by atoms with Crippen LogP contribution in [0, 0.1) is 0 Å². The molecule has 1 aromatic rings. The second kappa shape index (κ2) is 5.27. The maximum atomic E-state index is 11.8. The minimum Gasteiger partial charge on any atom is -0.465 e. The molecule has 0 unspecified atom stereocenters. The average Bonchev–Trinajstić information content (AvgIpc) is 2.33. The minimum absolute atomic E-state index is 0.0955. The molecule has 1 aromatic carbocycles. The van der Waals surface area contributed by atoms with Gasteiger partial charge in [0.05, 0.1) is 24.5 Å². The summed E-state index contributed by atoms with van der Waals surface area (Å²) in [5.74, 6) is -0.614. The van der Waals surface area contributed by atoms with Gasteiger partial charge in [0.15, 0.2) is 0 Å². The van der Waals surface area contributed by atoms with Gasteiger partial charge in [-0.25, -0.2) is 0 Å². The number of hydrogen-bond acceptors (Lipinski definition) is 4.